The Morgan fingerprint density at radius 1 is 1.14 bits per heavy atom. The molecule has 7 nitrogen and oxygen atoms in total. The second-order valence-corrected chi connectivity index (χ2v) is 6.88. The minimum Gasteiger partial charge on any atom is -0.492 e. The van der Waals surface area contributed by atoms with Gasteiger partial charge in [0.15, 0.2) is 11.0 Å². The topological polar surface area (TPSA) is 81.9 Å². The van der Waals surface area contributed by atoms with Crippen molar-refractivity contribution in [2.45, 2.75) is 32.0 Å². The molecule has 2 heterocycles. The highest BCUT2D eigenvalue weighted by atomic mass is 32.2. The first-order chi connectivity index (χ1) is 13.7. The van der Waals surface area contributed by atoms with Crippen LogP contribution in [0.25, 0.3) is 11.5 Å². The first-order valence-electron chi connectivity index (χ1n) is 9.22. The van der Waals surface area contributed by atoms with E-state index in [0.717, 1.165) is 18.7 Å². The molecule has 3 aromatic rings. The molecule has 28 heavy (non-hydrogen) atoms. The van der Waals surface area contributed by atoms with E-state index in [2.05, 4.69) is 27.4 Å². The normalized spacial score (nSPS) is 10.6. The summed E-state index contributed by atoms with van der Waals surface area (Å²) in [6, 6.07) is 13.1. The molecule has 8 heteroatoms. The molecule has 0 aliphatic rings. The van der Waals surface area contributed by atoms with Gasteiger partial charge in [0.1, 0.15) is 11.4 Å². The fourth-order valence-corrected chi connectivity index (χ4v) is 3.44. The zero-order chi connectivity index (χ0) is 19.8. The lowest BCUT2D eigenvalue weighted by Crippen LogP contribution is -2.15. The largest absolute Gasteiger partial charge is 0.492 e. The minimum atomic E-state index is -0.123. The van der Waals surface area contributed by atoms with Gasteiger partial charge in [0.2, 0.25) is 5.91 Å². The Hall–Kier alpha value is -2.87. The average molecular weight is 398 g/mol. The summed E-state index contributed by atoms with van der Waals surface area (Å²) >= 11 is 1.36. The Labute approximate surface area is 168 Å². The van der Waals surface area contributed by atoms with Gasteiger partial charge in [-0.1, -0.05) is 36.9 Å². The molecule has 0 bridgehead atoms. The van der Waals surface area contributed by atoms with Crippen LogP contribution in [0.3, 0.4) is 0 Å². The van der Waals surface area contributed by atoms with E-state index in [9.17, 15) is 4.79 Å². The van der Waals surface area contributed by atoms with E-state index in [4.69, 9.17) is 4.74 Å². The maximum Gasteiger partial charge on any atom is 0.234 e. The average Bonchev–Trinajstić information content (AvgIpc) is 3.12. The summed E-state index contributed by atoms with van der Waals surface area (Å²) in [4.78, 5) is 16.8. The number of aromatic nitrogens is 4. The number of para-hydroxylation sites is 2. The first kappa shape index (κ1) is 19.9. The van der Waals surface area contributed by atoms with Crippen LogP contribution in [0.4, 0.5) is 5.69 Å². The number of thioether (sulfide) groups is 1. The molecule has 0 atom stereocenters. The Kier molecular flexibility index (Phi) is 7.02. The zero-order valence-electron chi connectivity index (χ0n) is 16.0. The summed E-state index contributed by atoms with van der Waals surface area (Å²) < 4.78 is 7.56. The zero-order valence-corrected chi connectivity index (χ0v) is 16.8. The number of pyridine rings is 1. The second kappa shape index (κ2) is 9.89. The summed E-state index contributed by atoms with van der Waals surface area (Å²) in [5, 5.41) is 12.2. The molecule has 2 aromatic heterocycles. The third-order valence-electron chi connectivity index (χ3n) is 3.85. The van der Waals surface area contributed by atoms with Crippen LogP contribution >= 0.6 is 11.8 Å². The van der Waals surface area contributed by atoms with Gasteiger partial charge in [0, 0.05) is 12.7 Å². The predicted molar refractivity (Wildman–Crippen MR) is 111 cm³/mol. The van der Waals surface area contributed by atoms with Gasteiger partial charge in [0.25, 0.3) is 0 Å². The molecule has 0 saturated heterocycles. The molecule has 146 valence electrons. The lowest BCUT2D eigenvalue weighted by Gasteiger charge is -2.11. The highest BCUT2D eigenvalue weighted by molar-refractivity contribution is 7.99. The SMILES string of the molecule is CCCn1c(SCC(=O)Nc2ccccc2OCC)nnc1-c1ccccn1. The van der Waals surface area contributed by atoms with Gasteiger partial charge in [-0.2, -0.15) is 0 Å². The van der Waals surface area contributed by atoms with Crippen molar-refractivity contribution in [2.75, 3.05) is 17.7 Å². The molecule has 0 aliphatic carbocycles. The molecule has 0 radical (unpaired) electrons. The van der Waals surface area contributed by atoms with Gasteiger partial charge in [-0.25, -0.2) is 0 Å². The van der Waals surface area contributed by atoms with Gasteiger partial charge in [-0.3, -0.25) is 9.78 Å². The Balaban J connectivity index is 1.69. The molecule has 1 aromatic carbocycles. The number of nitrogens with zero attached hydrogens (tertiary/aromatic N) is 4. The maximum absolute atomic E-state index is 12.4. The van der Waals surface area contributed by atoms with E-state index in [1.165, 1.54) is 11.8 Å². The molecule has 1 N–H and O–H groups in total. The number of rotatable bonds is 9. The number of amides is 1. The summed E-state index contributed by atoms with van der Waals surface area (Å²) in [6.07, 6.45) is 2.66. The van der Waals surface area contributed by atoms with Crippen molar-refractivity contribution in [1.82, 2.24) is 19.7 Å². The van der Waals surface area contributed by atoms with Gasteiger partial charge in [-0.15, -0.1) is 10.2 Å². The standard InChI is InChI=1S/C20H23N5O2S/c1-3-13-25-19(16-10-7-8-12-21-16)23-24-20(25)28-14-18(26)22-15-9-5-6-11-17(15)27-4-2/h5-12H,3-4,13-14H2,1-2H3,(H,22,26). The quantitative estimate of drug-likeness (QED) is 0.552. The predicted octanol–water partition coefficient (Wildman–Crippen LogP) is 3.88. The second-order valence-electron chi connectivity index (χ2n) is 5.94. The van der Waals surface area contributed by atoms with E-state index in [0.29, 0.717) is 29.0 Å². The van der Waals surface area contributed by atoms with Crippen molar-refractivity contribution < 1.29 is 9.53 Å². The van der Waals surface area contributed by atoms with Gasteiger partial charge >= 0.3 is 0 Å². The third kappa shape index (κ3) is 4.89. The van der Waals surface area contributed by atoms with Gasteiger partial charge in [-0.05, 0) is 37.6 Å². The summed E-state index contributed by atoms with van der Waals surface area (Å²) in [5.41, 5.74) is 1.43. The van der Waals surface area contributed by atoms with Crippen LogP contribution in [0.1, 0.15) is 20.3 Å². The Bertz CT molecular complexity index is 914. The molecule has 1 amide bonds. The number of anilines is 1. The number of hydrogen-bond donors (Lipinski definition) is 1. The van der Waals surface area contributed by atoms with E-state index in [1.807, 2.05) is 54.0 Å². The van der Waals surface area contributed by atoms with E-state index < -0.39 is 0 Å². The Morgan fingerprint density at radius 2 is 1.96 bits per heavy atom. The first-order valence-corrected chi connectivity index (χ1v) is 10.2. The molecular weight excluding hydrogens is 374 g/mol. The number of nitrogens with one attached hydrogen (secondary N) is 1. The number of carbonyl (C=O) groups is 1. The molecule has 0 fully saturated rings. The summed E-state index contributed by atoms with van der Waals surface area (Å²) in [7, 11) is 0. The van der Waals surface area contributed by atoms with Gasteiger partial charge < -0.3 is 14.6 Å². The van der Waals surface area contributed by atoms with Crippen LogP contribution in [-0.2, 0) is 11.3 Å². The minimum absolute atomic E-state index is 0.123. The number of carbonyl (C=O) groups excluding carboxylic acids is 1. The molecule has 0 aliphatic heterocycles. The number of hydrogen-bond acceptors (Lipinski definition) is 6. The maximum atomic E-state index is 12.4. The molecule has 3 rings (SSSR count). The number of benzene rings is 1. The van der Waals surface area contributed by atoms with Crippen LogP contribution in [0, 0.1) is 0 Å². The monoisotopic (exact) mass is 397 g/mol. The van der Waals surface area contributed by atoms with Crippen LogP contribution < -0.4 is 10.1 Å². The molecule has 0 spiro atoms. The van der Waals surface area contributed by atoms with Crippen molar-refractivity contribution in [1.29, 1.82) is 0 Å². The third-order valence-corrected chi connectivity index (χ3v) is 4.82. The molecular formula is C20H23N5O2S. The van der Waals surface area contributed by atoms with Crippen LogP contribution in [-0.4, -0.2) is 38.0 Å². The highest BCUT2D eigenvalue weighted by Crippen LogP contribution is 2.26. The van der Waals surface area contributed by atoms with E-state index in [-0.39, 0.29) is 11.7 Å². The summed E-state index contributed by atoms with van der Waals surface area (Å²) in [6.45, 7) is 5.30. The fraction of sp³-hybridized carbons (Fsp3) is 0.300. The van der Waals surface area contributed by atoms with Crippen molar-refractivity contribution in [3.05, 3.63) is 48.7 Å². The van der Waals surface area contributed by atoms with Crippen molar-refractivity contribution in [3.8, 4) is 17.3 Å². The van der Waals surface area contributed by atoms with Crippen molar-refractivity contribution in [2.24, 2.45) is 0 Å². The van der Waals surface area contributed by atoms with E-state index >= 15 is 0 Å². The van der Waals surface area contributed by atoms with E-state index in [1.54, 1.807) is 6.20 Å². The molecule has 0 unspecified atom stereocenters. The fourth-order valence-electron chi connectivity index (χ4n) is 2.67. The summed E-state index contributed by atoms with van der Waals surface area (Å²) in [5.74, 6) is 1.48. The van der Waals surface area contributed by atoms with Crippen molar-refractivity contribution in [3.63, 3.8) is 0 Å². The molecule has 0 saturated carbocycles. The Morgan fingerprint density at radius 3 is 2.71 bits per heavy atom. The smallest absolute Gasteiger partial charge is 0.234 e. The van der Waals surface area contributed by atoms with Gasteiger partial charge in [0.05, 0.1) is 18.0 Å². The van der Waals surface area contributed by atoms with Crippen LogP contribution in [0.5, 0.6) is 5.75 Å². The lowest BCUT2D eigenvalue weighted by molar-refractivity contribution is -0.113. The van der Waals surface area contributed by atoms with Crippen molar-refractivity contribution >= 4 is 23.4 Å². The van der Waals surface area contributed by atoms with Crippen LogP contribution in [0.2, 0.25) is 0 Å². The highest BCUT2D eigenvalue weighted by Gasteiger charge is 2.16. The number of ether oxygens (including phenoxy) is 1. The lowest BCUT2D eigenvalue weighted by atomic mass is 10.3. The van der Waals surface area contributed by atoms with Crippen LogP contribution in [0.15, 0.2) is 53.8 Å².